The van der Waals surface area contributed by atoms with Crippen molar-refractivity contribution in [2.24, 2.45) is 0 Å². The van der Waals surface area contributed by atoms with Crippen LogP contribution in [0.15, 0.2) is 116 Å². The molecule has 2 heterocycles. The second-order valence-corrected chi connectivity index (χ2v) is 14.3. The fraction of sp³-hybridized carbons (Fsp3) is 0.0625. The lowest BCUT2D eigenvalue weighted by Crippen LogP contribution is -2.58. The number of aromatic nitrogens is 2. The van der Waals surface area contributed by atoms with Crippen LogP contribution in [-0.4, -0.2) is 18.0 Å². The summed E-state index contributed by atoms with van der Waals surface area (Å²) in [6.45, 7) is 4.92. The van der Waals surface area contributed by atoms with Gasteiger partial charge in [0.2, 0.25) is 0 Å². The highest BCUT2D eigenvalue weighted by molar-refractivity contribution is 7.02. The maximum atomic E-state index is 4.56. The number of hydrogen-bond acceptors (Lipinski definition) is 3. The second kappa shape index (κ2) is 7.87. The number of fused-ring (bicyclic) bond motifs is 5. The molecule has 0 N–H and O–H groups in total. The van der Waals surface area contributed by atoms with E-state index in [9.17, 15) is 0 Å². The summed E-state index contributed by atoms with van der Waals surface area (Å²) in [6, 6.07) is 37.6. The van der Waals surface area contributed by atoms with Gasteiger partial charge in [-0.1, -0.05) is 85.9 Å². The molecule has 0 amide bonds. The molecular weight excluding hydrogens is 454 g/mol. The first-order valence-electron chi connectivity index (χ1n) is 12.3. The van der Waals surface area contributed by atoms with Gasteiger partial charge in [-0.25, -0.2) is 9.97 Å². The standard InChI is InChI=1S/C32H25N3Si/c1-36(2)31-13-7-5-11-29(31)35(30-12-6-8-14-32(30)36)23-17-15-22(16-18-23)26-19-28-27(20-33-21-34-28)25-10-4-3-9-24(25)26/h3-21H,1-2H3. The van der Waals surface area contributed by atoms with Crippen molar-refractivity contribution in [3.05, 3.63) is 116 Å². The molecule has 0 aliphatic carbocycles. The van der Waals surface area contributed by atoms with Gasteiger partial charge in [0.15, 0.2) is 0 Å². The third-order valence-corrected chi connectivity index (χ3v) is 11.1. The minimum Gasteiger partial charge on any atom is -0.311 e. The largest absolute Gasteiger partial charge is 0.311 e. The molecule has 172 valence electrons. The quantitative estimate of drug-likeness (QED) is 0.197. The van der Waals surface area contributed by atoms with E-state index in [1.807, 2.05) is 6.20 Å². The van der Waals surface area contributed by atoms with E-state index >= 15 is 0 Å². The molecular formula is C32H25N3Si. The Bertz CT molecular complexity index is 1720. The molecule has 6 aromatic rings. The molecule has 1 aromatic heterocycles. The highest BCUT2D eigenvalue weighted by Gasteiger charge is 2.38. The van der Waals surface area contributed by atoms with Crippen molar-refractivity contribution in [1.29, 1.82) is 0 Å². The Balaban J connectivity index is 1.40. The van der Waals surface area contributed by atoms with Gasteiger partial charge in [0.25, 0.3) is 0 Å². The monoisotopic (exact) mass is 479 g/mol. The zero-order valence-electron chi connectivity index (χ0n) is 20.3. The first-order chi connectivity index (χ1) is 17.6. The zero-order valence-corrected chi connectivity index (χ0v) is 21.3. The summed E-state index contributed by atoms with van der Waals surface area (Å²) in [7, 11) is -1.78. The number of para-hydroxylation sites is 2. The average Bonchev–Trinajstić information content (AvgIpc) is 2.93. The smallest absolute Gasteiger partial charge is 0.117 e. The average molecular weight is 480 g/mol. The summed E-state index contributed by atoms with van der Waals surface area (Å²) in [5.41, 5.74) is 7.12. The minimum atomic E-state index is -1.78. The van der Waals surface area contributed by atoms with Gasteiger partial charge in [-0.2, -0.15) is 0 Å². The third kappa shape index (κ3) is 3.04. The van der Waals surface area contributed by atoms with E-state index in [0.717, 1.165) is 10.9 Å². The van der Waals surface area contributed by atoms with Gasteiger partial charge in [-0.3, -0.25) is 0 Å². The van der Waals surface area contributed by atoms with Crippen LogP contribution >= 0.6 is 0 Å². The van der Waals surface area contributed by atoms with E-state index in [1.165, 1.54) is 49.3 Å². The predicted molar refractivity (Wildman–Crippen MR) is 154 cm³/mol. The van der Waals surface area contributed by atoms with Crippen molar-refractivity contribution < 1.29 is 0 Å². The summed E-state index contributed by atoms with van der Waals surface area (Å²) in [5.74, 6) is 0. The van der Waals surface area contributed by atoms with Crippen LogP contribution in [0.1, 0.15) is 0 Å². The summed E-state index contributed by atoms with van der Waals surface area (Å²) < 4.78 is 0. The van der Waals surface area contributed by atoms with Crippen molar-refractivity contribution >= 4 is 57.2 Å². The molecule has 0 fully saturated rings. The van der Waals surface area contributed by atoms with Gasteiger partial charge < -0.3 is 4.90 Å². The lowest BCUT2D eigenvalue weighted by molar-refractivity contribution is 1.23. The Morgan fingerprint density at radius 2 is 1.25 bits per heavy atom. The van der Waals surface area contributed by atoms with E-state index in [4.69, 9.17) is 0 Å². The van der Waals surface area contributed by atoms with Crippen molar-refractivity contribution in [3.63, 3.8) is 0 Å². The van der Waals surface area contributed by atoms with Gasteiger partial charge in [0, 0.05) is 28.6 Å². The zero-order chi connectivity index (χ0) is 24.3. The van der Waals surface area contributed by atoms with Gasteiger partial charge in [0.05, 0.1) is 5.52 Å². The Morgan fingerprint density at radius 3 is 1.94 bits per heavy atom. The minimum absolute atomic E-state index is 0.967. The molecule has 36 heavy (non-hydrogen) atoms. The molecule has 0 saturated heterocycles. The van der Waals surface area contributed by atoms with Crippen molar-refractivity contribution in [2.75, 3.05) is 4.90 Å². The van der Waals surface area contributed by atoms with Gasteiger partial charge >= 0.3 is 0 Å². The molecule has 0 spiro atoms. The number of benzene rings is 5. The molecule has 5 aromatic carbocycles. The molecule has 0 bridgehead atoms. The normalized spacial score (nSPS) is 14.0. The topological polar surface area (TPSA) is 29.0 Å². The van der Waals surface area contributed by atoms with Crippen LogP contribution in [0.3, 0.4) is 0 Å². The van der Waals surface area contributed by atoms with E-state index in [-0.39, 0.29) is 0 Å². The molecule has 0 atom stereocenters. The van der Waals surface area contributed by atoms with Crippen LogP contribution in [0.25, 0.3) is 32.8 Å². The lowest BCUT2D eigenvalue weighted by atomic mass is 9.95. The van der Waals surface area contributed by atoms with E-state index < -0.39 is 8.07 Å². The van der Waals surface area contributed by atoms with Gasteiger partial charge in [-0.15, -0.1) is 0 Å². The van der Waals surface area contributed by atoms with Crippen LogP contribution in [0.4, 0.5) is 17.1 Å². The Morgan fingerprint density at radius 1 is 0.639 bits per heavy atom. The molecule has 0 saturated carbocycles. The maximum absolute atomic E-state index is 4.56. The Hall–Kier alpha value is -4.28. The molecule has 3 nitrogen and oxygen atoms in total. The second-order valence-electron chi connectivity index (χ2n) is 9.97. The van der Waals surface area contributed by atoms with Crippen LogP contribution in [0, 0.1) is 0 Å². The van der Waals surface area contributed by atoms with Crippen LogP contribution in [0.2, 0.25) is 13.1 Å². The molecule has 0 radical (unpaired) electrons. The van der Waals surface area contributed by atoms with Crippen LogP contribution in [0.5, 0.6) is 0 Å². The fourth-order valence-corrected chi connectivity index (χ4v) is 8.79. The Kier molecular flexibility index (Phi) is 4.60. The molecule has 4 heteroatoms. The highest BCUT2D eigenvalue weighted by Crippen LogP contribution is 2.40. The predicted octanol–water partition coefficient (Wildman–Crippen LogP) is 7.06. The van der Waals surface area contributed by atoms with Crippen LogP contribution in [-0.2, 0) is 0 Å². The summed E-state index contributed by atoms with van der Waals surface area (Å²) in [5, 5.41) is 6.44. The first-order valence-corrected chi connectivity index (χ1v) is 15.3. The number of rotatable bonds is 2. The lowest BCUT2D eigenvalue weighted by Gasteiger charge is -2.41. The third-order valence-electron chi connectivity index (χ3n) is 7.60. The van der Waals surface area contributed by atoms with E-state index in [1.54, 1.807) is 6.33 Å². The molecule has 1 aliphatic rings. The number of hydrogen-bond donors (Lipinski definition) is 0. The van der Waals surface area contributed by atoms with Crippen molar-refractivity contribution in [3.8, 4) is 11.1 Å². The summed E-state index contributed by atoms with van der Waals surface area (Å²) in [6.07, 6.45) is 3.54. The van der Waals surface area contributed by atoms with E-state index in [0.29, 0.717) is 0 Å². The molecule has 7 rings (SSSR count). The van der Waals surface area contributed by atoms with Crippen molar-refractivity contribution in [1.82, 2.24) is 9.97 Å². The molecule has 0 unspecified atom stereocenters. The van der Waals surface area contributed by atoms with Gasteiger partial charge in [-0.05, 0) is 62.6 Å². The SMILES string of the molecule is C[Si]1(C)c2ccccc2N(c2ccc(-c3cc4ncncc4c4ccccc34)cc2)c2ccccc21. The highest BCUT2D eigenvalue weighted by atomic mass is 28.3. The summed E-state index contributed by atoms with van der Waals surface area (Å²) in [4.78, 5) is 11.2. The first kappa shape index (κ1) is 21.0. The van der Waals surface area contributed by atoms with Crippen molar-refractivity contribution in [2.45, 2.75) is 13.1 Å². The maximum Gasteiger partial charge on any atom is 0.117 e. The fourth-order valence-electron chi connectivity index (χ4n) is 5.81. The number of nitrogens with zero attached hydrogens (tertiary/aromatic N) is 3. The number of anilines is 3. The molecule has 1 aliphatic heterocycles. The van der Waals surface area contributed by atoms with E-state index in [2.05, 4.69) is 131 Å². The Labute approximate surface area is 211 Å². The van der Waals surface area contributed by atoms with Crippen LogP contribution < -0.4 is 15.3 Å². The summed E-state index contributed by atoms with van der Waals surface area (Å²) >= 11 is 0. The van der Waals surface area contributed by atoms with Gasteiger partial charge in [0.1, 0.15) is 14.4 Å².